The third-order valence-corrected chi connectivity index (χ3v) is 17.7. The van der Waals surface area contributed by atoms with Gasteiger partial charge in [-0.2, -0.15) is 0 Å². The van der Waals surface area contributed by atoms with Gasteiger partial charge in [0.2, 0.25) is 0 Å². The topological polar surface area (TPSA) is 0 Å². The number of hydrogen-bond donors (Lipinski definition) is 0. The molecule has 84 heavy (non-hydrogen) atoms. The van der Waals surface area contributed by atoms with Crippen molar-refractivity contribution < 1.29 is 5.71 Å². The standard InChI is InChI=1S/C35H44.C33H40.8C2H6.4H2/c1-24-20-26(3)33(22-31(24)28-14-8-5-9-15-28)35(30-18-12-7-13-19-30)34-23-32(25(2)21-27(34)4)29-16-10-6-11-17-29;1-24-18-20-29(26-12-6-3-7-13-26)22-31(24)33(28-16-10-5-11-17-28)32-23-30(21-19-25(32)2)27-14-8-4-9-15-27;8*1-2;;;;/h7,12-13,18-23,28-29,35H,5-6,8-11,14-17H2,1-4H3;5,10-11,16-23,26-27,33H,3-4,6-9,12-15H2,1-2H3;8*1-2H3;4*1H. The van der Waals surface area contributed by atoms with E-state index in [0.29, 0.717) is 11.8 Å². The highest BCUT2D eigenvalue weighted by Gasteiger charge is 2.28. The van der Waals surface area contributed by atoms with Crippen LogP contribution in [0.2, 0.25) is 0 Å². The lowest BCUT2D eigenvalue weighted by Crippen LogP contribution is -2.13. The van der Waals surface area contributed by atoms with Crippen molar-refractivity contribution in [2.45, 2.75) is 316 Å². The highest BCUT2D eigenvalue weighted by atomic mass is 14.3. The van der Waals surface area contributed by atoms with Crippen LogP contribution in [0.25, 0.3) is 0 Å². The molecule has 0 radical (unpaired) electrons. The first-order valence-electron chi connectivity index (χ1n) is 35.8. The van der Waals surface area contributed by atoms with Crippen molar-refractivity contribution in [2.75, 3.05) is 0 Å². The average molecular weight is 1150 g/mol. The van der Waals surface area contributed by atoms with E-state index in [4.69, 9.17) is 0 Å². The molecule has 0 heteroatoms. The van der Waals surface area contributed by atoms with Crippen molar-refractivity contribution in [3.63, 3.8) is 0 Å². The molecule has 4 aliphatic carbocycles. The number of aryl methyl sites for hydroxylation is 6. The molecule has 6 aromatic carbocycles. The molecule has 0 bridgehead atoms. The Morgan fingerprint density at radius 3 is 0.774 bits per heavy atom. The summed E-state index contributed by atoms with van der Waals surface area (Å²) >= 11 is 0. The molecule has 0 saturated heterocycles. The van der Waals surface area contributed by atoms with Gasteiger partial charge in [-0.1, -0.05) is 309 Å². The summed E-state index contributed by atoms with van der Waals surface area (Å²) in [4.78, 5) is 0. The molecule has 0 atom stereocenters. The van der Waals surface area contributed by atoms with Gasteiger partial charge in [-0.25, -0.2) is 0 Å². The van der Waals surface area contributed by atoms with Crippen LogP contribution in [-0.4, -0.2) is 0 Å². The van der Waals surface area contributed by atoms with E-state index >= 15 is 0 Å². The Labute approximate surface area is 529 Å². The molecule has 4 aliphatic rings. The van der Waals surface area contributed by atoms with Crippen LogP contribution in [0.3, 0.4) is 0 Å². The summed E-state index contributed by atoms with van der Waals surface area (Å²) in [5, 5.41) is 0. The van der Waals surface area contributed by atoms with Crippen molar-refractivity contribution in [2.24, 2.45) is 0 Å². The molecule has 4 saturated carbocycles. The van der Waals surface area contributed by atoms with Gasteiger partial charge < -0.3 is 0 Å². The molecular weight excluding hydrogens is 1010 g/mol. The fourth-order valence-corrected chi connectivity index (χ4v) is 13.8. The molecule has 4 fully saturated rings. The van der Waals surface area contributed by atoms with Crippen LogP contribution in [-0.2, 0) is 0 Å². The maximum Gasteiger partial charge on any atom is 0.0345 e. The van der Waals surface area contributed by atoms with Gasteiger partial charge in [0.1, 0.15) is 0 Å². The highest BCUT2D eigenvalue weighted by Crippen LogP contribution is 2.45. The normalized spacial score (nSPS) is 15.0. The minimum Gasteiger partial charge on any atom is -0.0683 e. The lowest BCUT2D eigenvalue weighted by Gasteiger charge is -2.30. The highest BCUT2D eigenvalue weighted by molar-refractivity contribution is 5.55. The minimum absolute atomic E-state index is 0. The Balaban J connectivity index is -0.000000631. The summed E-state index contributed by atoms with van der Waals surface area (Å²) in [6, 6.07) is 47.6. The van der Waals surface area contributed by atoms with Crippen LogP contribution in [0, 0.1) is 41.5 Å². The van der Waals surface area contributed by atoms with Gasteiger partial charge in [0.15, 0.2) is 0 Å². The Kier molecular flexibility index (Phi) is 42.0. The average Bonchev–Trinajstić information content (AvgIpc) is 2.86. The van der Waals surface area contributed by atoms with Gasteiger partial charge >= 0.3 is 0 Å². The molecule has 0 spiro atoms. The smallest absolute Gasteiger partial charge is 0.0345 e. The molecule has 0 amide bonds. The zero-order valence-electron chi connectivity index (χ0n) is 59.2. The molecule has 10 rings (SSSR count). The number of rotatable bonds is 10. The summed E-state index contributed by atoms with van der Waals surface area (Å²) in [5.74, 6) is 3.54. The van der Waals surface area contributed by atoms with Crippen molar-refractivity contribution >= 4 is 0 Å². The zero-order valence-corrected chi connectivity index (χ0v) is 59.2. The Hall–Kier alpha value is -4.68. The monoisotopic (exact) mass is 1150 g/mol. The predicted molar refractivity (Wildman–Crippen MR) is 392 cm³/mol. The lowest BCUT2D eigenvalue weighted by atomic mass is 9.74. The molecule has 476 valence electrons. The van der Waals surface area contributed by atoms with E-state index < -0.39 is 0 Å². The van der Waals surface area contributed by atoms with E-state index in [2.05, 4.69) is 163 Å². The lowest BCUT2D eigenvalue weighted by molar-refractivity contribution is 0.442. The second kappa shape index (κ2) is 45.6. The molecule has 0 unspecified atom stereocenters. The third-order valence-electron chi connectivity index (χ3n) is 17.7. The summed E-state index contributed by atoms with van der Waals surface area (Å²) in [5.41, 5.74) is 24.0. The van der Waals surface area contributed by atoms with E-state index in [0.717, 1.165) is 23.7 Å². The maximum atomic E-state index is 2.62. The van der Waals surface area contributed by atoms with E-state index in [9.17, 15) is 0 Å². The molecule has 6 aromatic rings. The van der Waals surface area contributed by atoms with Gasteiger partial charge in [-0.3, -0.25) is 0 Å². The summed E-state index contributed by atoms with van der Waals surface area (Å²) in [6.07, 6.45) is 27.6. The van der Waals surface area contributed by atoms with Crippen molar-refractivity contribution in [3.8, 4) is 0 Å². The van der Waals surface area contributed by atoms with E-state index in [1.54, 1.807) is 22.3 Å². The van der Waals surface area contributed by atoms with Gasteiger partial charge in [0, 0.05) is 17.5 Å². The maximum absolute atomic E-state index is 2.62. The molecule has 0 nitrogen and oxygen atoms in total. The Morgan fingerprint density at radius 1 is 0.250 bits per heavy atom. The van der Waals surface area contributed by atoms with Gasteiger partial charge in [-0.15, -0.1) is 0 Å². The zero-order chi connectivity index (χ0) is 63.0. The minimum atomic E-state index is 0. The van der Waals surface area contributed by atoms with E-state index in [1.807, 2.05) is 111 Å². The second-order valence-electron chi connectivity index (χ2n) is 22.4. The SMILES string of the molecule is CC.CC.CC.CC.CC.CC.CC.CC.Cc1cc(C)c(C(c2ccccc2)c2cc(C3CCCCC3)c(C)cc2C)cc1C1CCCCC1.Cc1ccc(C2CCCCC2)cc1C(c1ccccc1)c1cc(C2CCCCC2)ccc1C.[HH].[HH].[HH].[HH]. The number of benzene rings is 6. The summed E-state index contributed by atoms with van der Waals surface area (Å²) in [6.45, 7) is 46.0. The number of hydrogen-bond acceptors (Lipinski definition) is 0. The molecule has 0 N–H and O–H groups in total. The third kappa shape index (κ3) is 22.6. The van der Waals surface area contributed by atoms with Crippen LogP contribution in [0.5, 0.6) is 0 Å². The van der Waals surface area contributed by atoms with Crippen molar-refractivity contribution in [1.82, 2.24) is 0 Å². The molecule has 0 aromatic heterocycles. The van der Waals surface area contributed by atoms with Gasteiger partial charge in [-0.05, 0) is 206 Å². The fraction of sp³-hybridized carbons (Fsp3) is 0.571. The summed E-state index contributed by atoms with van der Waals surface area (Å²) in [7, 11) is 0. The molecular formula is C84H140. The fourth-order valence-electron chi connectivity index (χ4n) is 13.8. The Bertz CT molecular complexity index is 2430. The van der Waals surface area contributed by atoms with Crippen LogP contribution in [0.1, 0.15) is 369 Å². The van der Waals surface area contributed by atoms with E-state index in [1.165, 1.54) is 195 Å². The van der Waals surface area contributed by atoms with Crippen molar-refractivity contribution in [3.05, 3.63) is 210 Å². The first kappa shape index (κ1) is 77.3. The van der Waals surface area contributed by atoms with Gasteiger partial charge in [0.05, 0.1) is 0 Å². The Morgan fingerprint density at radius 2 is 0.500 bits per heavy atom. The van der Waals surface area contributed by atoms with Crippen LogP contribution < -0.4 is 0 Å². The van der Waals surface area contributed by atoms with Crippen LogP contribution in [0.15, 0.2) is 121 Å². The van der Waals surface area contributed by atoms with Crippen molar-refractivity contribution in [1.29, 1.82) is 0 Å². The van der Waals surface area contributed by atoms with E-state index in [-0.39, 0.29) is 5.71 Å². The van der Waals surface area contributed by atoms with Gasteiger partial charge in [0.25, 0.3) is 0 Å². The first-order valence-corrected chi connectivity index (χ1v) is 35.8. The van der Waals surface area contributed by atoms with Crippen LogP contribution in [0.4, 0.5) is 0 Å². The quantitative estimate of drug-likeness (QED) is 0.120. The molecule has 0 heterocycles. The summed E-state index contributed by atoms with van der Waals surface area (Å²) < 4.78 is 0. The second-order valence-corrected chi connectivity index (χ2v) is 22.4. The van der Waals surface area contributed by atoms with Crippen LogP contribution >= 0.6 is 0 Å². The predicted octanol–water partition coefficient (Wildman–Crippen LogP) is 29.0. The molecule has 0 aliphatic heterocycles. The first-order chi connectivity index (χ1) is 41.2. The largest absolute Gasteiger partial charge is 0.0683 e.